The SMILES string of the molecule is CC(=O)Oc1ccc(C(=O)NNC(=O)CON=C(C(=O)NC2C(=O)N3CC(CSc4nncs4)(C(=O)O)CS[C@H]23)c2csc(N)n2)cc1OC(C)=O.Cl. The van der Waals surface area contributed by atoms with Crippen molar-refractivity contribution >= 4 is 111 Å². The van der Waals surface area contributed by atoms with E-state index in [4.69, 9.17) is 20.0 Å². The number of thiazole rings is 1. The van der Waals surface area contributed by atoms with Crippen molar-refractivity contribution in [2.75, 3.05) is 30.4 Å². The number of hydrazine groups is 1. The molecule has 25 heteroatoms. The van der Waals surface area contributed by atoms with Crippen LogP contribution in [0.4, 0.5) is 5.13 Å². The van der Waals surface area contributed by atoms with Crippen LogP contribution >= 0.6 is 58.6 Å². The molecule has 4 heterocycles. The van der Waals surface area contributed by atoms with Crippen molar-refractivity contribution in [1.82, 2.24) is 36.2 Å². The van der Waals surface area contributed by atoms with Crippen molar-refractivity contribution in [3.05, 3.63) is 40.3 Å². The van der Waals surface area contributed by atoms with Gasteiger partial charge in [0.1, 0.15) is 28.0 Å². The van der Waals surface area contributed by atoms with Crippen LogP contribution in [0.2, 0.25) is 0 Å². The predicted octanol–water partition coefficient (Wildman–Crippen LogP) is 0.294. The number of benzene rings is 1. The third-order valence-electron chi connectivity index (χ3n) is 7.06. The minimum atomic E-state index is -1.25. The number of carbonyl (C=O) groups excluding carboxylic acids is 6. The summed E-state index contributed by atoms with van der Waals surface area (Å²) in [4.78, 5) is 97.1. The third kappa shape index (κ3) is 9.89. The van der Waals surface area contributed by atoms with E-state index in [0.29, 0.717) is 4.34 Å². The smallest absolute Gasteiger partial charge is 0.313 e. The molecule has 0 radical (unpaired) electrons. The lowest BCUT2D eigenvalue weighted by atomic mass is 9.89. The molecule has 0 bridgehead atoms. The number of nitrogen functional groups attached to an aromatic ring is 1. The first-order valence-corrected chi connectivity index (χ1v) is 18.4. The molecule has 0 spiro atoms. The number of carbonyl (C=O) groups is 7. The topological polar surface area (TPSA) is 284 Å². The quantitative estimate of drug-likeness (QED) is 0.0387. The first kappa shape index (κ1) is 40.7. The van der Waals surface area contributed by atoms with Crippen molar-refractivity contribution in [3.8, 4) is 11.5 Å². The zero-order chi connectivity index (χ0) is 37.6. The number of nitrogens with two attached hydrogens (primary N) is 1. The van der Waals surface area contributed by atoms with Gasteiger partial charge in [0, 0.05) is 42.8 Å². The van der Waals surface area contributed by atoms with Gasteiger partial charge >= 0.3 is 17.9 Å². The average Bonchev–Trinajstić information content (AvgIpc) is 3.79. The van der Waals surface area contributed by atoms with E-state index in [1.54, 1.807) is 0 Å². The van der Waals surface area contributed by atoms with Crippen molar-refractivity contribution in [1.29, 1.82) is 0 Å². The zero-order valence-corrected chi connectivity index (χ0v) is 31.3. The van der Waals surface area contributed by atoms with Crippen LogP contribution in [-0.2, 0) is 33.6 Å². The molecule has 3 atom stereocenters. The van der Waals surface area contributed by atoms with Gasteiger partial charge in [0.25, 0.3) is 17.7 Å². The first-order chi connectivity index (χ1) is 24.8. The minimum absolute atomic E-state index is 0. The predicted molar refractivity (Wildman–Crippen MR) is 192 cm³/mol. The van der Waals surface area contributed by atoms with Gasteiger partial charge in [-0.2, -0.15) is 0 Å². The van der Waals surface area contributed by atoms with Gasteiger partial charge in [-0.3, -0.25) is 44.4 Å². The number of nitrogens with one attached hydrogen (secondary N) is 3. The number of anilines is 1. The van der Waals surface area contributed by atoms with E-state index in [0.717, 1.165) is 31.3 Å². The van der Waals surface area contributed by atoms with Crippen LogP contribution < -0.4 is 31.4 Å². The summed E-state index contributed by atoms with van der Waals surface area (Å²) in [6.07, 6.45) is 0. The number of rotatable bonds is 13. The Morgan fingerprint density at radius 3 is 2.49 bits per heavy atom. The molecule has 2 aliphatic rings. The van der Waals surface area contributed by atoms with Crippen LogP contribution in [0.25, 0.3) is 0 Å². The second-order valence-corrected chi connectivity index (χ2v) is 14.9. The monoisotopic (exact) mass is 829 g/mol. The van der Waals surface area contributed by atoms with E-state index < -0.39 is 70.7 Å². The molecule has 3 aromatic rings. The molecule has 2 fully saturated rings. The highest BCUT2D eigenvalue weighted by Crippen LogP contribution is 2.44. The number of halogens is 1. The summed E-state index contributed by atoms with van der Waals surface area (Å²) in [6, 6.07) is 2.58. The maximum atomic E-state index is 13.4. The largest absolute Gasteiger partial charge is 0.481 e. The first-order valence-electron chi connectivity index (χ1n) is 14.6. The zero-order valence-electron chi connectivity index (χ0n) is 27.3. The Bertz CT molecular complexity index is 1950. The van der Waals surface area contributed by atoms with E-state index in [2.05, 4.69) is 36.5 Å². The molecule has 2 aliphatic heterocycles. The Balaban J connectivity index is 0.00000627. The van der Waals surface area contributed by atoms with Gasteiger partial charge in [-0.15, -0.1) is 45.7 Å². The van der Waals surface area contributed by atoms with Crippen LogP contribution in [-0.4, -0.2) is 109 Å². The Hall–Kier alpha value is -5.04. The standard InChI is InChI=1S/C28H27N9O11S4.ClH/c1-12(38)47-16-4-3-14(5-17(16)48-13(2)39)21(41)34-33-18(40)6-46-36-19(15-7-49-26(29)31-15)22(42)32-20-23(43)37-8-28(25(44)45,9-50-24(20)37)10-51-27-35-30-11-52-27;/h3-5,7,11,20,24H,6,8-10H2,1-2H3,(H2,29,31)(H,32,42)(H,33,40)(H,34,41)(H,44,45);1H/t20?,24-,28?;/m1./s1. The fourth-order valence-corrected chi connectivity index (χ4v) is 8.55. The number of oxime groups is 1. The van der Waals surface area contributed by atoms with Gasteiger partial charge in [0.05, 0.1) is 0 Å². The lowest BCUT2D eigenvalue weighted by molar-refractivity contribution is -0.157. The number of β-lactam (4-membered cyclic amide) rings is 1. The van der Waals surface area contributed by atoms with E-state index in [1.807, 2.05) is 0 Å². The molecule has 5 rings (SSSR count). The molecule has 2 unspecified atom stereocenters. The van der Waals surface area contributed by atoms with Crippen LogP contribution in [0.1, 0.15) is 29.9 Å². The van der Waals surface area contributed by atoms with Gasteiger partial charge in [0.2, 0.25) is 5.91 Å². The van der Waals surface area contributed by atoms with Crippen molar-refractivity contribution in [3.63, 3.8) is 0 Å². The number of carboxylic acids is 1. The Kier molecular flexibility index (Phi) is 13.6. The summed E-state index contributed by atoms with van der Waals surface area (Å²) in [6.45, 7) is 1.39. The number of thioether (sulfide) groups is 2. The highest BCUT2D eigenvalue weighted by atomic mass is 35.5. The summed E-state index contributed by atoms with van der Waals surface area (Å²) >= 11 is 4.73. The number of ether oxygens (including phenoxy) is 2. The van der Waals surface area contributed by atoms with Gasteiger partial charge in [0.15, 0.2) is 33.3 Å². The highest BCUT2D eigenvalue weighted by molar-refractivity contribution is 8.01. The number of hydrogen-bond acceptors (Lipinski definition) is 19. The van der Waals surface area contributed by atoms with Crippen LogP contribution in [0.3, 0.4) is 0 Å². The molecule has 2 aromatic heterocycles. The van der Waals surface area contributed by atoms with Crippen LogP contribution in [0, 0.1) is 5.41 Å². The van der Waals surface area contributed by atoms with E-state index in [1.165, 1.54) is 62.8 Å². The van der Waals surface area contributed by atoms with Crippen molar-refractivity contribution in [2.24, 2.45) is 10.6 Å². The number of carboxylic acid groups (broad SMARTS) is 1. The highest BCUT2D eigenvalue weighted by Gasteiger charge is 2.57. The normalized spacial score (nSPS) is 19.0. The molecule has 282 valence electrons. The van der Waals surface area contributed by atoms with Gasteiger partial charge in [-0.1, -0.05) is 28.3 Å². The molecule has 4 amide bonds. The van der Waals surface area contributed by atoms with E-state index >= 15 is 0 Å². The van der Waals surface area contributed by atoms with E-state index in [9.17, 15) is 38.7 Å². The molecule has 20 nitrogen and oxygen atoms in total. The number of amides is 4. The summed E-state index contributed by atoms with van der Waals surface area (Å²) in [5.41, 5.74) is 9.75. The number of aromatic nitrogens is 3. The molecule has 1 aromatic carbocycles. The minimum Gasteiger partial charge on any atom is -0.481 e. The van der Waals surface area contributed by atoms with Gasteiger partial charge in [-0.05, 0) is 18.2 Å². The molecular formula is C28H28ClN9O11S4. The summed E-state index contributed by atoms with van der Waals surface area (Å²) in [5, 5.41) is 25.0. The molecule has 0 saturated carbocycles. The van der Waals surface area contributed by atoms with Crippen molar-refractivity contribution in [2.45, 2.75) is 29.6 Å². The van der Waals surface area contributed by atoms with Gasteiger partial charge < -0.3 is 35.4 Å². The second-order valence-electron chi connectivity index (χ2n) is 10.8. The maximum Gasteiger partial charge on any atom is 0.313 e. The number of nitrogens with zero attached hydrogens (tertiary/aromatic N) is 5. The lowest BCUT2D eigenvalue weighted by Gasteiger charge is -2.53. The second kappa shape index (κ2) is 17.7. The Labute approximate surface area is 321 Å². The number of fused-ring (bicyclic) bond motifs is 1. The third-order valence-corrected chi connectivity index (χ3v) is 11.5. The fraction of sp³-hybridized carbons (Fsp3) is 0.321. The van der Waals surface area contributed by atoms with E-state index in [-0.39, 0.29) is 58.3 Å². The number of hydrogen-bond donors (Lipinski definition) is 5. The Morgan fingerprint density at radius 2 is 1.85 bits per heavy atom. The van der Waals surface area contributed by atoms with Crippen molar-refractivity contribution < 1.29 is 53.0 Å². The molecule has 0 aliphatic carbocycles. The Morgan fingerprint density at radius 1 is 1.11 bits per heavy atom. The summed E-state index contributed by atoms with van der Waals surface area (Å²) in [5.74, 6) is -5.58. The lowest BCUT2D eigenvalue weighted by Crippen LogP contribution is -2.74. The maximum absolute atomic E-state index is 13.4. The molecular weight excluding hydrogens is 802 g/mol. The van der Waals surface area contributed by atoms with Gasteiger partial charge in [-0.25, -0.2) is 4.98 Å². The molecule has 53 heavy (non-hydrogen) atoms. The average molecular weight is 830 g/mol. The fourth-order valence-electron chi connectivity index (χ4n) is 4.66. The number of aliphatic carboxylic acids is 1. The van der Waals surface area contributed by atoms with Crippen LogP contribution in [0.15, 0.2) is 38.6 Å². The molecule has 6 N–H and O–H groups in total. The number of esters is 2. The summed E-state index contributed by atoms with van der Waals surface area (Å²) in [7, 11) is 0. The summed E-state index contributed by atoms with van der Waals surface area (Å²) < 4.78 is 10.6. The van der Waals surface area contributed by atoms with Crippen LogP contribution in [0.5, 0.6) is 11.5 Å². The molecule has 2 saturated heterocycles.